The zero-order valence-electron chi connectivity index (χ0n) is 11.8. The molecular weight excluding hydrogens is 264 g/mol. The minimum absolute atomic E-state index is 0.00514. The van der Waals surface area contributed by atoms with E-state index in [-0.39, 0.29) is 22.5 Å². The Morgan fingerprint density at radius 3 is 2.58 bits per heavy atom. The van der Waals surface area contributed by atoms with Crippen molar-refractivity contribution in [2.24, 2.45) is 5.92 Å². The van der Waals surface area contributed by atoms with Crippen molar-refractivity contribution >= 4 is 15.7 Å². The van der Waals surface area contributed by atoms with Gasteiger partial charge in [0.15, 0.2) is 9.84 Å². The smallest absolute Gasteiger partial charge is 0.225 e. The Bertz CT molecular complexity index is 553. The fourth-order valence-electron chi connectivity index (χ4n) is 1.66. The summed E-state index contributed by atoms with van der Waals surface area (Å²) in [5.74, 6) is -0.0323. The van der Waals surface area contributed by atoms with E-state index in [0.717, 1.165) is 0 Å². The SMILES string of the molecule is CCS(=O)(=O)c1ccnc(CN(C)C(=O)C(C)C)c1. The molecule has 0 aromatic carbocycles. The van der Waals surface area contributed by atoms with Crippen LogP contribution >= 0.6 is 0 Å². The van der Waals surface area contributed by atoms with E-state index in [1.54, 1.807) is 18.9 Å². The third kappa shape index (κ3) is 4.02. The highest BCUT2D eigenvalue weighted by molar-refractivity contribution is 7.91. The van der Waals surface area contributed by atoms with Crippen molar-refractivity contribution in [3.8, 4) is 0 Å². The predicted molar refractivity (Wildman–Crippen MR) is 73.3 cm³/mol. The molecule has 19 heavy (non-hydrogen) atoms. The number of pyridine rings is 1. The Kier molecular flexibility index (Phi) is 5.05. The Morgan fingerprint density at radius 2 is 2.05 bits per heavy atom. The fraction of sp³-hybridized carbons (Fsp3) is 0.538. The van der Waals surface area contributed by atoms with Gasteiger partial charge in [-0.1, -0.05) is 20.8 Å². The summed E-state index contributed by atoms with van der Waals surface area (Å²) < 4.78 is 23.5. The lowest BCUT2D eigenvalue weighted by molar-refractivity contribution is -0.133. The molecule has 0 saturated heterocycles. The number of sulfone groups is 1. The van der Waals surface area contributed by atoms with E-state index >= 15 is 0 Å². The summed E-state index contributed by atoms with van der Waals surface area (Å²) in [4.78, 5) is 17.7. The first-order valence-electron chi connectivity index (χ1n) is 6.20. The number of nitrogens with zero attached hydrogens (tertiary/aromatic N) is 2. The molecule has 0 N–H and O–H groups in total. The molecule has 1 aromatic heterocycles. The molecule has 0 atom stereocenters. The Hall–Kier alpha value is -1.43. The molecule has 0 radical (unpaired) electrons. The lowest BCUT2D eigenvalue weighted by atomic mass is 10.2. The molecule has 0 aliphatic carbocycles. The molecule has 0 saturated carbocycles. The van der Waals surface area contributed by atoms with Crippen molar-refractivity contribution in [1.82, 2.24) is 9.88 Å². The van der Waals surface area contributed by atoms with Crippen LogP contribution in [0.15, 0.2) is 23.2 Å². The summed E-state index contributed by atoms with van der Waals surface area (Å²) >= 11 is 0. The minimum atomic E-state index is -3.24. The van der Waals surface area contributed by atoms with Crippen LogP contribution < -0.4 is 0 Å². The molecule has 0 fully saturated rings. The molecule has 0 aliphatic heterocycles. The first kappa shape index (κ1) is 15.6. The van der Waals surface area contributed by atoms with Crippen LogP contribution in [0.25, 0.3) is 0 Å². The van der Waals surface area contributed by atoms with Crippen LogP contribution in [-0.2, 0) is 21.2 Å². The largest absolute Gasteiger partial charge is 0.340 e. The molecule has 0 spiro atoms. The van der Waals surface area contributed by atoms with Gasteiger partial charge in [0.25, 0.3) is 0 Å². The highest BCUT2D eigenvalue weighted by Crippen LogP contribution is 2.13. The van der Waals surface area contributed by atoms with Crippen LogP contribution in [0.4, 0.5) is 0 Å². The second kappa shape index (κ2) is 6.14. The van der Waals surface area contributed by atoms with Gasteiger partial charge in [-0.2, -0.15) is 0 Å². The van der Waals surface area contributed by atoms with Crippen molar-refractivity contribution in [1.29, 1.82) is 0 Å². The van der Waals surface area contributed by atoms with Gasteiger partial charge in [0.05, 0.1) is 22.9 Å². The highest BCUT2D eigenvalue weighted by Gasteiger charge is 2.16. The molecule has 1 rings (SSSR count). The first-order valence-corrected chi connectivity index (χ1v) is 7.85. The molecule has 0 aliphatic rings. The zero-order valence-corrected chi connectivity index (χ0v) is 12.6. The number of hydrogen-bond acceptors (Lipinski definition) is 4. The van der Waals surface area contributed by atoms with Crippen LogP contribution in [-0.4, -0.2) is 37.0 Å². The van der Waals surface area contributed by atoms with Gasteiger partial charge in [-0.05, 0) is 12.1 Å². The van der Waals surface area contributed by atoms with Gasteiger partial charge >= 0.3 is 0 Å². The predicted octanol–water partition coefficient (Wildman–Crippen LogP) is 1.49. The van der Waals surface area contributed by atoms with Crippen LogP contribution in [0.3, 0.4) is 0 Å². The summed E-state index contributed by atoms with van der Waals surface area (Å²) in [7, 11) is -1.55. The van der Waals surface area contributed by atoms with Crippen molar-refractivity contribution in [2.75, 3.05) is 12.8 Å². The summed E-state index contributed by atoms with van der Waals surface area (Å²) in [5, 5.41) is 0. The Morgan fingerprint density at radius 1 is 1.42 bits per heavy atom. The topological polar surface area (TPSA) is 67.3 Å². The Balaban J connectivity index is 2.93. The standard InChI is InChI=1S/C13H20N2O3S/c1-5-19(17,18)12-6-7-14-11(8-12)9-15(4)13(16)10(2)3/h6-8,10H,5,9H2,1-4H3. The van der Waals surface area contributed by atoms with Gasteiger partial charge < -0.3 is 4.90 Å². The van der Waals surface area contributed by atoms with E-state index in [1.807, 2.05) is 13.8 Å². The van der Waals surface area contributed by atoms with Crippen LogP contribution in [0, 0.1) is 5.92 Å². The van der Waals surface area contributed by atoms with Crippen molar-refractivity contribution in [3.05, 3.63) is 24.0 Å². The summed E-state index contributed by atoms with van der Waals surface area (Å²) in [6, 6.07) is 3.01. The van der Waals surface area contributed by atoms with Gasteiger partial charge in [-0.3, -0.25) is 9.78 Å². The maximum Gasteiger partial charge on any atom is 0.225 e. The quantitative estimate of drug-likeness (QED) is 0.821. The number of carbonyl (C=O) groups is 1. The summed E-state index contributed by atoms with van der Waals surface area (Å²) in [6.45, 7) is 5.56. The summed E-state index contributed by atoms with van der Waals surface area (Å²) in [5.41, 5.74) is 0.575. The molecule has 1 aromatic rings. The maximum absolute atomic E-state index is 11.8. The third-order valence-electron chi connectivity index (χ3n) is 2.80. The maximum atomic E-state index is 11.8. The van der Waals surface area contributed by atoms with Crippen molar-refractivity contribution in [2.45, 2.75) is 32.2 Å². The van der Waals surface area contributed by atoms with E-state index < -0.39 is 9.84 Å². The highest BCUT2D eigenvalue weighted by atomic mass is 32.2. The van der Waals surface area contributed by atoms with Crippen LogP contribution in [0.1, 0.15) is 26.5 Å². The Labute approximate surface area is 114 Å². The fourth-order valence-corrected chi connectivity index (χ4v) is 2.58. The van der Waals surface area contributed by atoms with Gasteiger partial charge in [-0.15, -0.1) is 0 Å². The van der Waals surface area contributed by atoms with E-state index in [0.29, 0.717) is 12.2 Å². The minimum Gasteiger partial charge on any atom is -0.340 e. The first-order chi connectivity index (χ1) is 8.77. The molecule has 106 valence electrons. The van der Waals surface area contributed by atoms with Crippen molar-refractivity contribution < 1.29 is 13.2 Å². The van der Waals surface area contributed by atoms with E-state index in [4.69, 9.17) is 0 Å². The summed E-state index contributed by atoms with van der Waals surface area (Å²) in [6.07, 6.45) is 1.46. The average Bonchev–Trinajstić information content (AvgIpc) is 2.37. The van der Waals surface area contributed by atoms with E-state index in [1.165, 1.54) is 18.3 Å². The van der Waals surface area contributed by atoms with Crippen molar-refractivity contribution in [3.63, 3.8) is 0 Å². The number of amides is 1. The molecule has 5 nitrogen and oxygen atoms in total. The normalized spacial score (nSPS) is 11.6. The molecule has 1 amide bonds. The lowest BCUT2D eigenvalue weighted by Crippen LogP contribution is -2.30. The number of carbonyl (C=O) groups excluding carboxylic acids is 1. The number of aromatic nitrogens is 1. The van der Waals surface area contributed by atoms with Gasteiger partial charge in [-0.25, -0.2) is 8.42 Å². The van der Waals surface area contributed by atoms with Gasteiger partial charge in [0.1, 0.15) is 0 Å². The molecule has 0 bridgehead atoms. The zero-order chi connectivity index (χ0) is 14.6. The van der Waals surface area contributed by atoms with E-state index in [9.17, 15) is 13.2 Å². The van der Waals surface area contributed by atoms with Gasteiger partial charge in [0.2, 0.25) is 5.91 Å². The second-order valence-electron chi connectivity index (χ2n) is 4.74. The molecule has 6 heteroatoms. The van der Waals surface area contributed by atoms with E-state index in [2.05, 4.69) is 4.98 Å². The second-order valence-corrected chi connectivity index (χ2v) is 7.01. The molecular formula is C13H20N2O3S. The third-order valence-corrected chi connectivity index (χ3v) is 4.53. The average molecular weight is 284 g/mol. The molecule has 1 heterocycles. The monoisotopic (exact) mass is 284 g/mol. The van der Waals surface area contributed by atoms with Gasteiger partial charge in [0, 0.05) is 19.2 Å². The number of hydrogen-bond donors (Lipinski definition) is 0. The number of rotatable bonds is 5. The molecule has 0 unspecified atom stereocenters. The van der Waals surface area contributed by atoms with Crippen LogP contribution in [0.5, 0.6) is 0 Å². The van der Waals surface area contributed by atoms with Crippen LogP contribution in [0.2, 0.25) is 0 Å². The lowest BCUT2D eigenvalue weighted by Gasteiger charge is -2.19.